The first-order valence-corrected chi connectivity index (χ1v) is 7.50. The average molecular weight is 394 g/mol. The maximum Gasteiger partial charge on any atom is 0.232 e. The fraction of sp³-hybridized carbons (Fsp3) is 0.125. The number of nitrogens with two attached hydrogens (primary N) is 1. The van der Waals surface area contributed by atoms with Gasteiger partial charge in [0.05, 0.1) is 10.9 Å². The molecule has 2 aromatic rings. The molecule has 1 aliphatic carbocycles. The van der Waals surface area contributed by atoms with Crippen LogP contribution in [0.4, 0.5) is 4.39 Å². The number of hydrogen-bond acceptors (Lipinski definition) is 2. The van der Waals surface area contributed by atoms with Gasteiger partial charge in [-0.2, -0.15) is 0 Å². The van der Waals surface area contributed by atoms with Gasteiger partial charge in [0.2, 0.25) is 5.91 Å². The molecule has 1 amide bonds. The molecule has 1 heterocycles. The molecule has 2 N–H and O–H groups in total. The number of allylic oxidation sites excluding steroid dienone is 3. The van der Waals surface area contributed by atoms with Crippen LogP contribution in [0.3, 0.4) is 0 Å². The summed E-state index contributed by atoms with van der Waals surface area (Å²) in [6.07, 6.45) is 7.34. The van der Waals surface area contributed by atoms with Crippen molar-refractivity contribution in [2.45, 2.75) is 11.8 Å². The lowest BCUT2D eigenvalue weighted by Gasteiger charge is -2.29. The average Bonchev–Trinajstić information content (AvgIpc) is 2.47. The first-order chi connectivity index (χ1) is 10.0. The molecular weight excluding hydrogens is 382 g/mol. The summed E-state index contributed by atoms with van der Waals surface area (Å²) in [6.45, 7) is 0. The Hall–Kier alpha value is -1.76. The third-order valence-electron chi connectivity index (χ3n) is 3.76. The van der Waals surface area contributed by atoms with E-state index >= 15 is 0 Å². The number of fused-ring (bicyclic) bond motifs is 1. The van der Waals surface area contributed by atoms with Gasteiger partial charge in [0.25, 0.3) is 0 Å². The minimum atomic E-state index is -1.14. The Morgan fingerprint density at radius 2 is 2.24 bits per heavy atom. The quantitative estimate of drug-likeness (QED) is 0.795. The molecule has 106 valence electrons. The first-order valence-electron chi connectivity index (χ1n) is 6.42. The highest BCUT2D eigenvalue weighted by molar-refractivity contribution is 14.1. The van der Waals surface area contributed by atoms with Gasteiger partial charge in [-0.05, 0) is 41.1 Å². The van der Waals surface area contributed by atoms with Crippen LogP contribution in [0.25, 0.3) is 10.9 Å². The van der Waals surface area contributed by atoms with Gasteiger partial charge in [0.15, 0.2) is 0 Å². The van der Waals surface area contributed by atoms with E-state index in [4.69, 9.17) is 5.73 Å². The van der Waals surface area contributed by atoms with E-state index in [9.17, 15) is 9.18 Å². The van der Waals surface area contributed by atoms with Gasteiger partial charge < -0.3 is 5.73 Å². The van der Waals surface area contributed by atoms with Crippen LogP contribution < -0.4 is 5.73 Å². The Morgan fingerprint density at radius 3 is 2.90 bits per heavy atom. The van der Waals surface area contributed by atoms with Crippen molar-refractivity contribution < 1.29 is 9.18 Å². The lowest BCUT2D eigenvalue weighted by Crippen LogP contribution is -2.40. The molecule has 0 aliphatic heterocycles. The highest BCUT2D eigenvalue weighted by Crippen LogP contribution is 2.38. The molecule has 0 fully saturated rings. The number of primary amides is 1. The summed E-state index contributed by atoms with van der Waals surface area (Å²) in [6, 6.07) is 6.64. The molecule has 5 heteroatoms. The lowest BCUT2D eigenvalue weighted by molar-refractivity contribution is -0.122. The van der Waals surface area contributed by atoms with E-state index in [1.807, 2.05) is 12.1 Å². The van der Waals surface area contributed by atoms with Crippen LogP contribution in [-0.2, 0) is 10.2 Å². The van der Waals surface area contributed by atoms with Crippen molar-refractivity contribution in [1.82, 2.24) is 4.98 Å². The number of halogens is 2. The number of hydrogen-bond donors (Lipinski definition) is 1. The third kappa shape index (κ3) is 2.35. The van der Waals surface area contributed by atoms with E-state index in [1.54, 1.807) is 30.5 Å². The molecule has 3 rings (SSSR count). The van der Waals surface area contributed by atoms with Crippen LogP contribution in [-0.4, -0.2) is 10.9 Å². The van der Waals surface area contributed by atoms with Crippen LogP contribution in [0.1, 0.15) is 12.0 Å². The number of nitrogens with zero attached hydrogens (tertiary/aromatic N) is 1. The second kappa shape index (κ2) is 5.22. The predicted molar refractivity (Wildman–Crippen MR) is 88.4 cm³/mol. The smallest absolute Gasteiger partial charge is 0.232 e. The van der Waals surface area contributed by atoms with E-state index < -0.39 is 17.1 Å². The van der Waals surface area contributed by atoms with Gasteiger partial charge in [-0.15, -0.1) is 0 Å². The molecule has 1 unspecified atom stereocenters. The summed E-state index contributed by atoms with van der Waals surface area (Å²) in [5.74, 6) is -1.02. The minimum absolute atomic E-state index is 0.298. The molecule has 0 spiro atoms. The van der Waals surface area contributed by atoms with Gasteiger partial charge in [-0.3, -0.25) is 9.78 Å². The van der Waals surface area contributed by atoms with Gasteiger partial charge >= 0.3 is 0 Å². The standard InChI is InChI=1S/C16H12FIN2O/c17-13-9-14-10(2-1-7-20-14)8-12(13)16(15(19)21)5-3-11(18)4-6-16/h1-5,7-9H,6H2,(H2,19,21). The number of carbonyl (C=O) groups excluding carboxylic acids is 1. The summed E-state index contributed by atoms with van der Waals surface area (Å²) in [5.41, 5.74) is 5.31. The normalized spacial score (nSPS) is 21.3. The molecule has 0 bridgehead atoms. The number of carbonyl (C=O) groups is 1. The number of amides is 1. The van der Waals surface area contributed by atoms with Gasteiger partial charge in [-0.25, -0.2) is 4.39 Å². The van der Waals surface area contributed by atoms with Crippen LogP contribution in [0.15, 0.2) is 52.3 Å². The topological polar surface area (TPSA) is 56.0 Å². The number of pyridine rings is 1. The molecule has 1 aliphatic rings. The molecule has 3 nitrogen and oxygen atoms in total. The van der Waals surface area contributed by atoms with E-state index in [0.29, 0.717) is 17.5 Å². The number of benzene rings is 1. The number of rotatable bonds is 2. The number of aromatic nitrogens is 1. The van der Waals surface area contributed by atoms with Crippen molar-refractivity contribution in [3.05, 3.63) is 63.7 Å². The Morgan fingerprint density at radius 1 is 1.43 bits per heavy atom. The van der Waals surface area contributed by atoms with Crippen LogP contribution in [0.2, 0.25) is 0 Å². The second-order valence-electron chi connectivity index (χ2n) is 4.99. The van der Waals surface area contributed by atoms with Crippen LogP contribution >= 0.6 is 22.6 Å². The summed E-state index contributed by atoms with van der Waals surface area (Å²) in [5, 5.41) is 0.784. The summed E-state index contributed by atoms with van der Waals surface area (Å²) in [7, 11) is 0. The summed E-state index contributed by atoms with van der Waals surface area (Å²) in [4.78, 5) is 16.1. The fourth-order valence-corrected chi connectivity index (χ4v) is 2.97. The molecule has 1 aromatic carbocycles. The van der Waals surface area contributed by atoms with Crippen LogP contribution in [0.5, 0.6) is 0 Å². The maximum absolute atomic E-state index is 14.5. The van der Waals surface area contributed by atoms with E-state index in [1.165, 1.54) is 6.07 Å². The van der Waals surface area contributed by atoms with E-state index in [2.05, 4.69) is 27.6 Å². The molecule has 1 aromatic heterocycles. The fourth-order valence-electron chi connectivity index (χ4n) is 2.57. The Balaban J connectivity index is 2.24. The SMILES string of the molecule is NC(=O)C1(c2cc3cccnc3cc2F)C=CC(I)=CC1. The zero-order valence-electron chi connectivity index (χ0n) is 11.0. The molecular formula is C16H12FIN2O. The van der Waals surface area contributed by atoms with Crippen molar-refractivity contribution in [2.24, 2.45) is 5.73 Å². The Labute approximate surface area is 134 Å². The van der Waals surface area contributed by atoms with Crippen molar-refractivity contribution >= 4 is 39.4 Å². The molecule has 1 atom stereocenters. The third-order valence-corrected chi connectivity index (χ3v) is 4.56. The van der Waals surface area contributed by atoms with E-state index in [-0.39, 0.29) is 0 Å². The predicted octanol–water partition coefficient (Wildman–Crippen LogP) is 3.38. The largest absolute Gasteiger partial charge is 0.369 e. The van der Waals surface area contributed by atoms with E-state index in [0.717, 1.165) is 8.97 Å². The maximum atomic E-state index is 14.5. The monoisotopic (exact) mass is 394 g/mol. The van der Waals surface area contributed by atoms with Gasteiger partial charge in [0.1, 0.15) is 5.82 Å². The Bertz CT molecular complexity index is 800. The van der Waals surface area contributed by atoms with Crippen molar-refractivity contribution in [3.63, 3.8) is 0 Å². The summed E-state index contributed by atoms with van der Waals surface area (Å²) < 4.78 is 15.5. The van der Waals surface area contributed by atoms with Gasteiger partial charge in [0, 0.05) is 26.8 Å². The molecule has 21 heavy (non-hydrogen) atoms. The minimum Gasteiger partial charge on any atom is -0.369 e. The van der Waals surface area contributed by atoms with Gasteiger partial charge in [-0.1, -0.05) is 24.3 Å². The molecule has 0 radical (unpaired) electrons. The highest BCUT2D eigenvalue weighted by Gasteiger charge is 2.39. The van der Waals surface area contributed by atoms with Crippen molar-refractivity contribution in [2.75, 3.05) is 0 Å². The first kappa shape index (κ1) is 14.2. The van der Waals surface area contributed by atoms with Crippen molar-refractivity contribution in [3.8, 4) is 0 Å². The zero-order chi connectivity index (χ0) is 15.0. The zero-order valence-corrected chi connectivity index (χ0v) is 13.2. The molecule has 0 saturated carbocycles. The lowest BCUT2D eigenvalue weighted by atomic mass is 9.74. The molecule has 0 saturated heterocycles. The summed E-state index contributed by atoms with van der Waals surface area (Å²) >= 11 is 2.16. The highest BCUT2D eigenvalue weighted by atomic mass is 127. The van der Waals surface area contributed by atoms with Crippen LogP contribution in [0, 0.1) is 5.82 Å². The van der Waals surface area contributed by atoms with Crippen molar-refractivity contribution in [1.29, 1.82) is 0 Å². The second-order valence-corrected chi connectivity index (χ2v) is 6.24. The Kier molecular flexibility index (Phi) is 3.52.